The highest BCUT2D eigenvalue weighted by molar-refractivity contribution is 9.11. The molecule has 37 heavy (non-hydrogen) atoms. The van der Waals surface area contributed by atoms with E-state index in [2.05, 4.69) is 68.3 Å². The summed E-state index contributed by atoms with van der Waals surface area (Å²) in [5, 5.41) is 12.1. The van der Waals surface area contributed by atoms with Gasteiger partial charge < -0.3 is 0 Å². The van der Waals surface area contributed by atoms with Gasteiger partial charge in [-0.05, 0) is 78.1 Å². The van der Waals surface area contributed by atoms with Crippen LogP contribution < -0.4 is 0 Å². The van der Waals surface area contributed by atoms with Crippen LogP contribution >= 0.6 is 31.9 Å². The Balaban J connectivity index is 1.49. The molecule has 0 bridgehead atoms. The molecule has 0 aliphatic carbocycles. The normalized spacial score (nSPS) is 12.8. The van der Waals surface area contributed by atoms with Crippen LogP contribution in [-0.4, -0.2) is 8.42 Å². The van der Waals surface area contributed by atoms with Crippen molar-refractivity contribution >= 4 is 106 Å². The third-order valence-electron chi connectivity index (χ3n) is 7.72. The van der Waals surface area contributed by atoms with Crippen molar-refractivity contribution in [1.82, 2.24) is 0 Å². The lowest BCUT2D eigenvalue weighted by Crippen LogP contribution is -2.04. The van der Waals surface area contributed by atoms with E-state index in [4.69, 9.17) is 0 Å². The van der Waals surface area contributed by atoms with E-state index >= 15 is 0 Å². The van der Waals surface area contributed by atoms with Crippen LogP contribution in [0.2, 0.25) is 0 Å². The minimum atomic E-state index is -3.83. The zero-order chi connectivity index (χ0) is 25.1. The fraction of sp³-hybridized carbons (Fsp3) is 0. The van der Waals surface area contributed by atoms with Crippen molar-refractivity contribution in [1.29, 1.82) is 0 Å². The summed E-state index contributed by atoms with van der Waals surface area (Å²) in [6, 6.07) is 31.9. The van der Waals surface area contributed by atoms with Crippen LogP contribution in [0.3, 0.4) is 0 Å². The molecule has 0 N–H and O–H groups in total. The van der Waals surface area contributed by atoms with Gasteiger partial charge in [0.2, 0.25) is 9.84 Å². The highest BCUT2D eigenvalue weighted by Gasteiger charge is 2.26. The quantitative estimate of drug-likeness (QED) is 0.180. The van der Waals surface area contributed by atoms with E-state index in [0.717, 1.165) is 73.6 Å². The van der Waals surface area contributed by atoms with Crippen molar-refractivity contribution in [3.05, 3.63) is 106 Å². The van der Waals surface area contributed by atoms with Gasteiger partial charge in [-0.2, -0.15) is 0 Å². The first-order valence-corrected chi connectivity index (χ1v) is 15.0. The Morgan fingerprint density at radius 2 is 0.676 bits per heavy atom. The van der Waals surface area contributed by atoms with Gasteiger partial charge in [-0.15, -0.1) is 0 Å². The molecule has 5 heteroatoms. The Hall–Kier alpha value is -3.25. The number of benzene rings is 8. The minimum Gasteiger partial charge on any atom is -0.218 e. The molecule has 8 rings (SSSR count). The zero-order valence-electron chi connectivity index (χ0n) is 19.2. The van der Waals surface area contributed by atoms with Crippen molar-refractivity contribution in [3.63, 3.8) is 0 Å². The van der Waals surface area contributed by atoms with Gasteiger partial charge in [0.1, 0.15) is 0 Å². The third-order valence-corrected chi connectivity index (χ3v) is 11.0. The van der Waals surface area contributed by atoms with Gasteiger partial charge in [0.15, 0.2) is 0 Å². The van der Waals surface area contributed by atoms with Crippen LogP contribution in [0, 0.1) is 0 Å². The highest BCUT2D eigenvalue weighted by atomic mass is 79.9. The van der Waals surface area contributed by atoms with Gasteiger partial charge in [-0.3, -0.25) is 0 Å². The molecule has 2 nitrogen and oxygen atoms in total. The predicted octanol–water partition coefficient (Wildman–Crippen LogP) is 9.84. The maximum Gasteiger partial charge on any atom is 0.207 e. The summed E-state index contributed by atoms with van der Waals surface area (Å²) in [5.74, 6) is 0. The first kappa shape index (κ1) is 21.8. The molecule has 8 aromatic carbocycles. The van der Waals surface area contributed by atoms with Crippen LogP contribution in [0.1, 0.15) is 0 Å². The van der Waals surface area contributed by atoms with Gasteiger partial charge in [-0.25, -0.2) is 8.42 Å². The Morgan fingerprint density at radius 1 is 0.378 bits per heavy atom. The zero-order valence-corrected chi connectivity index (χ0v) is 23.2. The lowest BCUT2D eigenvalue weighted by atomic mass is 9.94. The number of rotatable bonds is 2. The summed E-state index contributed by atoms with van der Waals surface area (Å²) in [6.45, 7) is 0. The van der Waals surface area contributed by atoms with Crippen molar-refractivity contribution in [2.24, 2.45) is 0 Å². The van der Waals surface area contributed by atoms with E-state index in [1.165, 1.54) is 0 Å². The molecule has 0 fully saturated rings. The fourth-order valence-corrected chi connectivity index (χ4v) is 8.64. The summed E-state index contributed by atoms with van der Waals surface area (Å²) < 4.78 is 30.9. The van der Waals surface area contributed by atoms with Crippen LogP contribution in [0.25, 0.3) is 64.6 Å². The predicted molar refractivity (Wildman–Crippen MR) is 161 cm³/mol. The smallest absolute Gasteiger partial charge is 0.207 e. The largest absolute Gasteiger partial charge is 0.218 e. The second kappa shape index (κ2) is 7.41. The van der Waals surface area contributed by atoms with E-state index in [1.807, 2.05) is 48.5 Å². The molecular formula is C32H16Br2O2S. The second-order valence-corrected chi connectivity index (χ2v) is 13.2. The standard InChI is InChI=1S/C32H16Br2O2S/c33-25-13-5-17-3-11-23-27(15-7-19-1-9-21(25)29(17)31(19)23)37(35,36)28-16-8-20-2-10-22-26(34)14-6-18-4-12-24(28)32(20)30(18)22/h1-16H. The molecule has 0 spiro atoms. The van der Waals surface area contributed by atoms with E-state index in [0.29, 0.717) is 9.79 Å². The Labute approximate surface area is 229 Å². The molecule has 0 heterocycles. The topological polar surface area (TPSA) is 34.1 Å². The maximum absolute atomic E-state index is 14.4. The summed E-state index contributed by atoms with van der Waals surface area (Å²) in [5.41, 5.74) is 0. The molecule has 0 radical (unpaired) electrons. The highest BCUT2D eigenvalue weighted by Crippen LogP contribution is 2.44. The molecule has 8 aromatic rings. The molecule has 0 saturated heterocycles. The Bertz CT molecular complexity index is 2180. The van der Waals surface area contributed by atoms with Crippen LogP contribution in [0.15, 0.2) is 116 Å². The van der Waals surface area contributed by atoms with Crippen LogP contribution in [-0.2, 0) is 9.84 Å². The molecule has 0 aliphatic rings. The van der Waals surface area contributed by atoms with Gasteiger partial charge >= 0.3 is 0 Å². The number of halogens is 2. The summed E-state index contributed by atoms with van der Waals surface area (Å²) in [6.07, 6.45) is 0. The Kier molecular flexibility index (Phi) is 4.37. The monoisotopic (exact) mass is 622 g/mol. The summed E-state index contributed by atoms with van der Waals surface area (Å²) in [4.78, 5) is 0.677. The van der Waals surface area contributed by atoms with Gasteiger partial charge in [-0.1, -0.05) is 105 Å². The second-order valence-electron chi connectivity index (χ2n) is 9.57. The average molecular weight is 624 g/mol. The maximum atomic E-state index is 14.4. The van der Waals surface area contributed by atoms with Crippen molar-refractivity contribution < 1.29 is 8.42 Å². The van der Waals surface area contributed by atoms with Crippen LogP contribution in [0.4, 0.5) is 0 Å². The van der Waals surface area contributed by atoms with E-state index < -0.39 is 9.84 Å². The average Bonchev–Trinajstić information content (AvgIpc) is 2.92. The third kappa shape index (κ3) is 2.82. The SMILES string of the molecule is O=S(=O)(c1ccc2ccc3c(Br)ccc4ccc1c2c43)c1ccc2ccc3c(Br)ccc4ccc1c2c43. The molecule has 0 saturated carbocycles. The van der Waals surface area contributed by atoms with Gasteiger partial charge in [0.25, 0.3) is 0 Å². The molecular weight excluding hydrogens is 608 g/mol. The molecule has 0 unspecified atom stereocenters. The number of sulfone groups is 1. The fourth-order valence-electron chi connectivity index (χ4n) is 6.06. The van der Waals surface area contributed by atoms with Gasteiger partial charge in [0.05, 0.1) is 9.79 Å². The van der Waals surface area contributed by atoms with Crippen molar-refractivity contribution in [3.8, 4) is 0 Å². The van der Waals surface area contributed by atoms with E-state index in [-0.39, 0.29) is 0 Å². The van der Waals surface area contributed by atoms with E-state index in [1.54, 1.807) is 12.1 Å². The van der Waals surface area contributed by atoms with Gasteiger partial charge in [0, 0.05) is 19.7 Å². The summed E-state index contributed by atoms with van der Waals surface area (Å²) >= 11 is 7.36. The minimum absolute atomic E-state index is 0.339. The molecule has 176 valence electrons. The summed E-state index contributed by atoms with van der Waals surface area (Å²) in [7, 11) is -3.83. The lowest BCUT2D eigenvalue weighted by molar-refractivity contribution is 0.598. The lowest BCUT2D eigenvalue weighted by Gasteiger charge is -2.17. The van der Waals surface area contributed by atoms with Crippen LogP contribution in [0.5, 0.6) is 0 Å². The van der Waals surface area contributed by atoms with Crippen molar-refractivity contribution in [2.45, 2.75) is 9.79 Å². The molecule has 0 aliphatic heterocycles. The first-order chi connectivity index (χ1) is 17.9. The van der Waals surface area contributed by atoms with Crippen molar-refractivity contribution in [2.75, 3.05) is 0 Å². The molecule has 0 atom stereocenters. The first-order valence-electron chi connectivity index (χ1n) is 11.9. The Morgan fingerprint density at radius 3 is 1.08 bits per heavy atom. The molecule has 0 aromatic heterocycles. The van der Waals surface area contributed by atoms with E-state index in [9.17, 15) is 8.42 Å². The number of hydrogen-bond donors (Lipinski definition) is 0. The number of hydrogen-bond acceptors (Lipinski definition) is 2. The molecule has 0 amide bonds.